The molecule has 1 unspecified atom stereocenters. The number of carbonyl (C=O) groups is 2. The van der Waals surface area contributed by atoms with Gasteiger partial charge in [-0.15, -0.1) is 0 Å². The van der Waals surface area contributed by atoms with E-state index in [0.29, 0.717) is 12.5 Å². The maximum Gasteiger partial charge on any atom is 0.234 e. The van der Waals surface area contributed by atoms with Crippen molar-refractivity contribution in [3.8, 4) is 5.75 Å². The van der Waals surface area contributed by atoms with Gasteiger partial charge in [-0.3, -0.25) is 14.5 Å². The number of piperidine rings is 1. The molecule has 1 amide bonds. The van der Waals surface area contributed by atoms with E-state index in [-0.39, 0.29) is 23.7 Å². The molecule has 1 heterocycles. The van der Waals surface area contributed by atoms with Gasteiger partial charge in [-0.1, -0.05) is 44.2 Å². The van der Waals surface area contributed by atoms with Crippen LogP contribution in [0.15, 0.2) is 54.6 Å². The smallest absolute Gasteiger partial charge is 0.234 e. The summed E-state index contributed by atoms with van der Waals surface area (Å²) < 4.78 is 5.16. The van der Waals surface area contributed by atoms with Gasteiger partial charge in [0.1, 0.15) is 5.75 Å². The fourth-order valence-corrected chi connectivity index (χ4v) is 4.06. The summed E-state index contributed by atoms with van der Waals surface area (Å²) in [6.07, 6.45) is 1.56. The molecule has 30 heavy (non-hydrogen) atoms. The lowest BCUT2D eigenvalue weighted by Crippen LogP contribution is -2.44. The largest absolute Gasteiger partial charge is 0.497 e. The van der Waals surface area contributed by atoms with Crippen LogP contribution in [0.4, 0.5) is 0 Å². The maximum absolute atomic E-state index is 12.8. The first-order chi connectivity index (χ1) is 14.5. The quantitative estimate of drug-likeness (QED) is 0.668. The molecular weight excluding hydrogens is 376 g/mol. The summed E-state index contributed by atoms with van der Waals surface area (Å²) in [6, 6.07) is 17.4. The number of likely N-dealkylation sites (tertiary alicyclic amines) is 1. The Kier molecular flexibility index (Phi) is 7.63. The average Bonchev–Trinajstić information content (AvgIpc) is 2.78. The molecule has 2 aromatic carbocycles. The normalized spacial score (nSPS) is 16.3. The van der Waals surface area contributed by atoms with Crippen molar-refractivity contribution in [1.29, 1.82) is 0 Å². The van der Waals surface area contributed by atoms with Gasteiger partial charge in [0.25, 0.3) is 0 Å². The zero-order valence-corrected chi connectivity index (χ0v) is 18.1. The van der Waals surface area contributed by atoms with Crippen molar-refractivity contribution >= 4 is 11.7 Å². The van der Waals surface area contributed by atoms with Gasteiger partial charge in [0.05, 0.1) is 19.7 Å². The highest BCUT2D eigenvalue weighted by Gasteiger charge is 2.27. The maximum atomic E-state index is 12.8. The van der Waals surface area contributed by atoms with E-state index in [0.717, 1.165) is 42.8 Å². The van der Waals surface area contributed by atoms with Gasteiger partial charge in [0.15, 0.2) is 5.78 Å². The van der Waals surface area contributed by atoms with E-state index < -0.39 is 0 Å². The molecule has 0 saturated carbocycles. The van der Waals surface area contributed by atoms with Crippen LogP contribution in [0.1, 0.15) is 48.7 Å². The summed E-state index contributed by atoms with van der Waals surface area (Å²) in [5, 5.41) is 3.19. The molecule has 1 fully saturated rings. The second-order valence-corrected chi connectivity index (χ2v) is 8.34. The number of ether oxygens (including phenoxy) is 1. The Hall–Kier alpha value is -2.66. The van der Waals surface area contributed by atoms with Crippen molar-refractivity contribution in [1.82, 2.24) is 10.2 Å². The van der Waals surface area contributed by atoms with Crippen LogP contribution in [0, 0.1) is 11.8 Å². The number of hydrogen-bond donors (Lipinski definition) is 1. The van der Waals surface area contributed by atoms with Crippen LogP contribution in [0.5, 0.6) is 5.75 Å². The van der Waals surface area contributed by atoms with Crippen LogP contribution in [0.3, 0.4) is 0 Å². The van der Waals surface area contributed by atoms with Crippen molar-refractivity contribution in [2.45, 2.75) is 32.7 Å². The third-order valence-corrected chi connectivity index (χ3v) is 5.84. The van der Waals surface area contributed by atoms with Gasteiger partial charge in [-0.05, 0) is 61.7 Å². The molecule has 0 aromatic heterocycles. The van der Waals surface area contributed by atoms with E-state index in [1.165, 1.54) is 0 Å². The van der Waals surface area contributed by atoms with Gasteiger partial charge >= 0.3 is 0 Å². The monoisotopic (exact) mass is 408 g/mol. The highest BCUT2D eigenvalue weighted by Crippen LogP contribution is 2.24. The summed E-state index contributed by atoms with van der Waals surface area (Å²) in [5.41, 5.74) is 1.86. The molecule has 5 heteroatoms. The summed E-state index contributed by atoms with van der Waals surface area (Å²) in [7, 11) is 1.62. The molecule has 0 aliphatic carbocycles. The van der Waals surface area contributed by atoms with E-state index in [1.54, 1.807) is 7.11 Å². The fourth-order valence-electron chi connectivity index (χ4n) is 4.06. The Morgan fingerprint density at radius 2 is 1.67 bits per heavy atom. The molecule has 2 aromatic rings. The van der Waals surface area contributed by atoms with Crippen molar-refractivity contribution in [3.63, 3.8) is 0 Å². The molecular formula is C25H32N2O3. The number of amides is 1. The second-order valence-electron chi connectivity index (χ2n) is 8.34. The molecule has 1 saturated heterocycles. The molecule has 1 atom stereocenters. The number of nitrogens with zero attached hydrogens (tertiary/aromatic N) is 1. The molecule has 1 N–H and O–H groups in total. The lowest BCUT2D eigenvalue weighted by molar-refractivity contribution is -0.123. The number of rotatable bonds is 8. The van der Waals surface area contributed by atoms with Crippen molar-refractivity contribution in [2.24, 2.45) is 11.8 Å². The summed E-state index contributed by atoms with van der Waals surface area (Å²) >= 11 is 0. The summed E-state index contributed by atoms with van der Waals surface area (Å²) in [4.78, 5) is 27.6. The minimum atomic E-state index is 0.00730. The second kappa shape index (κ2) is 10.4. The first-order valence-corrected chi connectivity index (χ1v) is 10.7. The van der Waals surface area contributed by atoms with Crippen molar-refractivity contribution in [3.05, 3.63) is 65.7 Å². The molecule has 0 spiro atoms. The Balaban J connectivity index is 1.50. The first-order valence-electron chi connectivity index (χ1n) is 10.7. The van der Waals surface area contributed by atoms with E-state index >= 15 is 0 Å². The van der Waals surface area contributed by atoms with Crippen LogP contribution < -0.4 is 10.1 Å². The van der Waals surface area contributed by atoms with E-state index in [4.69, 9.17) is 4.74 Å². The van der Waals surface area contributed by atoms with Crippen LogP contribution >= 0.6 is 0 Å². The van der Waals surface area contributed by atoms with E-state index in [2.05, 4.69) is 36.2 Å². The van der Waals surface area contributed by atoms with Crippen LogP contribution in [-0.4, -0.2) is 43.3 Å². The van der Waals surface area contributed by atoms with Gasteiger partial charge < -0.3 is 10.1 Å². The molecule has 0 bridgehead atoms. The fraction of sp³-hybridized carbons (Fsp3) is 0.440. The van der Waals surface area contributed by atoms with Crippen LogP contribution in [0.25, 0.3) is 0 Å². The zero-order chi connectivity index (χ0) is 21.5. The van der Waals surface area contributed by atoms with Crippen molar-refractivity contribution in [2.75, 3.05) is 26.7 Å². The van der Waals surface area contributed by atoms with Gasteiger partial charge in [0, 0.05) is 11.5 Å². The predicted octanol–water partition coefficient (Wildman–Crippen LogP) is 4.10. The number of ketones is 1. The molecule has 160 valence electrons. The zero-order valence-electron chi connectivity index (χ0n) is 18.1. The highest BCUT2D eigenvalue weighted by atomic mass is 16.5. The summed E-state index contributed by atoms with van der Waals surface area (Å²) in [5.74, 6) is 1.31. The number of carbonyl (C=O) groups excluding carboxylic acids is 2. The topological polar surface area (TPSA) is 58.6 Å². The number of nitrogens with one attached hydrogen (secondary N) is 1. The van der Waals surface area contributed by atoms with Gasteiger partial charge in [0.2, 0.25) is 5.91 Å². The van der Waals surface area contributed by atoms with Gasteiger partial charge in [-0.25, -0.2) is 0 Å². The molecule has 0 radical (unpaired) electrons. The average molecular weight is 409 g/mol. The third kappa shape index (κ3) is 5.70. The standard InChI is InChI=1S/C25H32N2O3/c1-18(2)24(19-7-5-4-6-8-19)26-23(28)17-27-15-13-21(14-16-27)25(29)20-9-11-22(30-3)12-10-20/h4-12,18,21,24H,13-17H2,1-3H3,(H,26,28). The number of benzene rings is 2. The van der Waals surface area contributed by atoms with Crippen LogP contribution in [0.2, 0.25) is 0 Å². The number of Topliss-reactive ketones (excluding diaryl/α,β-unsaturated/α-hetero) is 1. The number of methoxy groups -OCH3 is 1. The van der Waals surface area contributed by atoms with Crippen molar-refractivity contribution < 1.29 is 14.3 Å². The first kappa shape index (κ1) is 22.0. The Morgan fingerprint density at radius 1 is 1.03 bits per heavy atom. The minimum absolute atomic E-state index is 0.00730. The number of hydrogen-bond acceptors (Lipinski definition) is 4. The predicted molar refractivity (Wildman–Crippen MR) is 119 cm³/mol. The Labute approximate surface area is 179 Å². The Bertz CT molecular complexity index is 825. The highest BCUT2D eigenvalue weighted by molar-refractivity contribution is 5.98. The van der Waals surface area contributed by atoms with Crippen LogP contribution in [-0.2, 0) is 4.79 Å². The SMILES string of the molecule is COc1ccc(C(=O)C2CCN(CC(=O)NC(c3ccccc3)C(C)C)CC2)cc1. The minimum Gasteiger partial charge on any atom is -0.497 e. The van der Waals surface area contributed by atoms with E-state index in [9.17, 15) is 9.59 Å². The molecule has 1 aliphatic rings. The Morgan fingerprint density at radius 3 is 2.23 bits per heavy atom. The third-order valence-electron chi connectivity index (χ3n) is 5.84. The lowest BCUT2D eigenvalue weighted by atomic mass is 9.89. The lowest BCUT2D eigenvalue weighted by Gasteiger charge is -2.31. The molecule has 5 nitrogen and oxygen atoms in total. The molecule has 1 aliphatic heterocycles. The van der Waals surface area contributed by atoms with E-state index in [1.807, 2.05) is 42.5 Å². The van der Waals surface area contributed by atoms with Gasteiger partial charge in [-0.2, -0.15) is 0 Å². The molecule has 3 rings (SSSR count). The summed E-state index contributed by atoms with van der Waals surface area (Å²) in [6.45, 7) is 6.14.